The molecule has 1 aliphatic heterocycles. The van der Waals surface area contributed by atoms with Crippen molar-refractivity contribution in [3.8, 4) is 11.3 Å². The van der Waals surface area contributed by atoms with Gasteiger partial charge in [-0.05, 0) is 31.0 Å². The molecule has 4 rings (SSSR count). The first kappa shape index (κ1) is 18.6. The average molecular weight is 398 g/mol. The van der Waals surface area contributed by atoms with E-state index in [0.29, 0.717) is 11.3 Å². The Hall–Kier alpha value is -2.74. The molecule has 2 aromatic heterocycles. The smallest absolute Gasteiger partial charge is 0.254 e. The van der Waals surface area contributed by atoms with Crippen LogP contribution >= 0.6 is 0 Å². The summed E-state index contributed by atoms with van der Waals surface area (Å²) in [6.45, 7) is 4.46. The number of aromatic nitrogens is 3. The van der Waals surface area contributed by atoms with Gasteiger partial charge in [0.15, 0.2) is 9.84 Å². The number of carbonyl (C=O) groups is 1. The third kappa shape index (κ3) is 3.28. The molecule has 7 nitrogen and oxygen atoms in total. The summed E-state index contributed by atoms with van der Waals surface area (Å²) in [5.41, 5.74) is 4.98. The van der Waals surface area contributed by atoms with Gasteiger partial charge in [0.25, 0.3) is 5.91 Å². The Labute approximate surface area is 163 Å². The van der Waals surface area contributed by atoms with Crippen LogP contribution in [0.4, 0.5) is 0 Å². The SMILES string of the molecule is Cc1ccc2c(C(=O)N3CCS(=O)(=O)CC3)cc(-c3cnn(C)c3)nc2c1C. The molecule has 0 N–H and O–H groups in total. The van der Waals surface area contributed by atoms with Gasteiger partial charge in [0.1, 0.15) is 0 Å². The quantitative estimate of drug-likeness (QED) is 0.660. The largest absolute Gasteiger partial charge is 0.337 e. The summed E-state index contributed by atoms with van der Waals surface area (Å²) in [6.07, 6.45) is 3.59. The molecule has 0 spiro atoms. The summed E-state index contributed by atoms with van der Waals surface area (Å²) in [7, 11) is -1.22. The molecule has 0 bridgehead atoms. The molecule has 28 heavy (non-hydrogen) atoms. The van der Waals surface area contributed by atoms with Crippen molar-refractivity contribution < 1.29 is 13.2 Å². The van der Waals surface area contributed by atoms with Gasteiger partial charge in [0.2, 0.25) is 0 Å². The molecular weight excluding hydrogens is 376 g/mol. The van der Waals surface area contributed by atoms with E-state index in [4.69, 9.17) is 4.98 Å². The number of nitrogens with zero attached hydrogens (tertiary/aromatic N) is 4. The second-order valence-corrected chi connectivity index (χ2v) is 9.61. The lowest BCUT2D eigenvalue weighted by Crippen LogP contribution is -2.43. The van der Waals surface area contributed by atoms with E-state index in [1.807, 2.05) is 39.2 Å². The molecule has 146 valence electrons. The maximum Gasteiger partial charge on any atom is 0.254 e. The number of sulfone groups is 1. The average Bonchev–Trinajstić information content (AvgIpc) is 3.10. The van der Waals surface area contributed by atoms with Crippen molar-refractivity contribution in [1.29, 1.82) is 0 Å². The van der Waals surface area contributed by atoms with Crippen LogP contribution in [0, 0.1) is 13.8 Å². The topological polar surface area (TPSA) is 85.2 Å². The highest BCUT2D eigenvalue weighted by Gasteiger charge is 2.27. The standard InChI is InChI=1S/C20H22N4O3S/c1-13-4-5-16-17(20(25)24-6-8-28(26,27)9-7-24)10-18(22-19(16)14(13)2)15-11-21-23(3)12-15/h4-5,10-12H,6-9H2,1-3H3. The highest BCUT2D eigenvalue weighted by molar-refractivity contribution is 7.91. The number of fused-ring (bicyclic) bond motifs is 1. The first-order valence-corrected chi connectivity index (χ1v) is 11.0. The molecule has 1 aliphatic rings. The third-order valence-electron chi connectivity index (χ3n) is 5.37. The van der Waals surface area contributed by atoms with Crippen molar-refractivity contribution in [2.24, 2.45) is 7.05 Å². The van der Waals surface area contributed by atoms with Crippen LogP contribution in [0.1, 0.15) is 21.5 Å². The van der Waals surface area contributed by atoms with Gasteiger partial charge < -0.3 is 4.90 Å². The lowest BCUT2D eigenvalue weighted by Gasteiger charge is -2.27. The van der Waals surface area contributed by atoms with E-state index in [0.717, 1.165) is 27.6 Å². The predicted octanol–water partition coefficient (Wildman–Crippen LogP) is 2.12. The Bertz CT molecular complexity index is 1180. The first-order valence-electron chi connectivity index (χ1n) is 9.15. The van der Waals surface area contributed by atoms with E-state index >= 15 is 0 Å². The van der Waals surface area contributed by atoms with Crippen LogP contribution in [0.15, 0.2) is 30.6 Å². The van der Waals surface area contributed by atoms with Gasteiger partial charge in [-0.15, -0.1) is 0 Å². The molecule has 0 aliphatic carbocycles. The normalized spacial score (nSPS) is 16.5. The molecule has 1 saturated heterocycles. The minimum atomic E-state index is -3.05. The number of hydrogen-bond acceptors (Lipinski definition) is 5. The van der Waals surface area contributed by atoms with Gasteiger partial charge in [-0.3, -0.25) is 9.48 Å². The van der Waals surface area contributed by atoms with Gasteiger partial charge in [0, 0.05) is 37.3 Å². The fraction of sp³-hybridized carbons (Fsp3) is 0.350. The first-order chi connectivity index (χ1) is 13.2. The molecule has 0 saturated carbocycles. The van der Waals surface area contributed by atoms with Crippen molar-refractivity contribution in [3.05, 3.63) is 47.3 Å². The third-order valence-corrected chi connectivity index (χ3v) is 6.98. The van der Waals surface area contributed by atoms with Crippen molar-refractivity contribution in [2.45, 2.75) is 13.8 Å². The Kier molecular flexibility index (Phi) is 4.45. The number of amides is 1. The van der Waals surface area contributed by atoms with Crippen molar-refractivity contribution in [3.63, 3.8) is 0 Å². The zero-order valence-electron chi connectivity index (χ0n) is 16.1. The van der Waals surface area contributed by atoms with Crippen LogP contribution in [0.3, 0.4) is 0 Å². The van der Waals surface area contributed by atoms with Gasteiger partial charge >= 0.3 is 0 Å². The van der Waals surface area contributed by atoms with E-state index in [9.17, 15) is 13.2 Å². The van der Waals surface area contributed by atoms with Gasteiger partial charge in [0.05, 0.1) is 34.5 Å². The summed E-state index contributed by atoms with van der Waals surface area (Å²) in [5, 5.41) is 4.99. The second-order valence-electron chi connectivity index (χ2n) is 7.31. The molecule has 0 atom stereocenters. The van der Waals surface area contributed by atoms with Crippen LogP contribution in [0.2, 0.25) is 0 Å². The van der Waals surface area contributed by atoms with E-state index in [-0.39, 0.29) is 30.5 Å². The molecule has 8 heteroatoms. The molecule has 0 unspecified atom stereocenters. The number of aryl methyl sites for hydroxylation is 3. The van der Waals surface area contributed by atoms with Crippen LogP contribution in [0.5, 0.6) is 0 Å². The molecule has 1 amide bonds. The Morgan fingerprint density at radius 3 is 2.50 bits per heavy atom. The summed E-state index contributed by atoms with van der Waals surface area (Å²) in [6, 6.07) is 5.70. The molecule has 1 aromatic carbocycles. The van der Waals surface area contributed by atoms with Crippen molar-refractivity contribution in [1.82, 2.24) is 19.7 Å². The molecular formula is C20H22N4O3S. The van der Waals surface area contributed by atoms with Crippen LogP contribution in [0.25, 0.3) is 22.2 Å². The fourth-order valence-corrected chi connectivity index (χ4v) is 4.70. The summed E-state index contributed by atoms with van der Waals surface area (Å²) < 4.78 is 25.2. The van der Waals surface area contributed by atoms with E-state index in [1.54, 1.807) is 21.8 Å². The Balaban J connectivity index is 1.86. The zero-order chi connectivity index (χ0) is 20.1. The second kappa shape index (κ2) is 6.70. The van der Waals surface area contributed by atoms with Crippen LogP contribution in [-0.2, 0) is 16.9 Å². The lowest BCUT2D eigenvalue weighted by atomic mass is 9.99. The maximum atomic E-state index is 13.3. The van der Waals surface area contributed by atoms with Crippen molar-refractivity contribution >= 4 is 26.6 Å². The summed E-state index contributed by atoms with van der Waals surface area (Å²) in [4.78, 5) is 19.7. The monoisotopic (exact) mass is 398 g/mol. The van der Waals surface area contributed by atoms with Gasteiger partial charge in [-0.2, -0.15) is 5.10 Å². The predicted molar refractivity (Wildman–Crippen MR) is 108 cm³/mol. The fourth-order valence-electron chi connectivity index (χ4n) is 3.49. The Morgan fingerprint density at radius 1 is 1.14 bits per heavy atom. The molecule has 0 radical (unpaired) electrons. The van der Waals surface area contributed by atoms with Crippen LogP contribution in [-0.4, -0.2) is 58.6 Å². The van der Waals surface area contributed by atoms with Gasteiger partial charge in [-0.25, -0.2) is 13.4 Å². The molecule has 1 fully saturated rings. The zero-order valence-corrected chi connectivity index (χ0v) is 17.0. The maximum absolute atomic E-state index is 13.3. The van der Waals surface area contributed by atoms with Crippen LogP contribution < -0.4 is 0 Å². The number of hydrogen-bond donors (Lipinski definition) is 0. The highest BCUT2D eigenvalue weighted by atomic mass is 32.2. The van der Waals surface area contributed by atoms with Gasteiger partial charge in [-0.1, -0.05) is 12.1 Å². The summed E-state index contributed by atoms with van der Waals surface area (Å²) >= 11 is 0. The minimum Gasteiger partial charge on any atom is -0.337 e. The number of rotatable bonds is 2. The van der Waals surface area contributed by atoms with E-state index in [1.165, 1.54) is 0 Å². The van der Waals surface area contributed by atoms with E-state index < -0.39 is 9.84 Å². The minimum absolute atomic E-state index is 0.00928. The number of carbonyl (C=O) groups excluding carboxylic acids is 1. The Morgan fingerprint density at radius 2 is 1.86 bits per heavy atom. The highest BCUT2D eigenvalue weighted by Crippen LogP contribution is 2.29. The summed E-state index contributed by atoms with van der Waals surface area (Å²) in [5.74, 6) is -0.138. The number of pyridine rings is 1. The molecule has 3 heterocycles. The van der Waals surface area contributed by atoms with Crippen molar-refractivity contribution in [2.75, 3.05) is 24.6 Å². The lowest BCUT2D eigenvalue weighted by molar-refractivity contribution is 0.0772. The number of benzene rings is 1. The van der Waals surface area contributed by atoms with E-state index in [2.05, 4.69) is 5.10 Å². The molecule has 3 aromatic rings.